The molecule has 1 aromatic heterocycles. The van der Waals surface area contributed by atoms with Crippen LogP contribution in [0, 0.1) is 0 Å². The van der Waals surface area contributed by atoms with E-state index in [1.165, 1.54) is 16.1 Å². The van der Waals surface area contributed by atoms with Gasteiger partial charge in [-0.05, 0) is 61.5 Å². The van der Waals surface area contributed by atoms with Crippen LogP contribution in [0.15, 0.2) is 35.7 Å². The van der Waals surface area contributed by atoms with E-state index >= 15 is 0 Å². The Bertz CT molecular complexity index is 760. The van der Waals surface area contributed by atoms with Crippen molar-refractivity contribution in [3.05, 3.63) is 51.7 Å². The van der Waals surface area contributed by atoms with Crippen LogP contribution in [0.4, 0.5) is 5.69 Å². The molecule has 0 saturated carbocycles. The molecule has 0 aliphatic carbocycles. The molecule has 0 spiro atoms. The molecule has 1 amide bonds. The maximum atomic E-state index is 12.8. The van der Waals surface area contributed by atoms with Crippen molar-refractivity contribution >= 4 is 22.9 Å². The minimum Gasteiger partial charge on any atom is -0.369 e. The highest BCUT2D eigenvalue weighted by Crippen LogP contribution is 2.25. The van der Waals surface area contributed by atoms with Gasteiger partial charge in [0.2, 0.25) is 0 Å². The smallest absolute Gasteiger partial charge is 0.254 e. The van der Waals surface area contributed by atoms with E-state index in [1.807, 2.05) is 28.4 Å². The zero-order chi connectivity index (χ0) is 18.1. The molecule has 2 aliphatic heterocycles. The molecular formula is C21H27N3OS. The molecule has 3 heterocycles. The van der Waals surface area contributed by atoms with Crippen molar-refractivity contribution < 1.29 is 4.79 Å². The Labute approximate surface area is 160 Å². The number of piperazine rings is 1. The molecule has 5 heteroatoms. The highest BCUT2D eigenvalue weighted by atomic mass is 32.1. The van der Waals surface area contributed by atoms with Crippen molar-refractivity contribution in [3.8, 4) is 0 Å². The van der Waals surface area contributed by atoms with Crippen molar-refractivity contribution in [2.45, 2.75) is 32.9 Å². The molecule has 0 radical (unpaired) electrons. The molecule has 1 fully saturated rings. The van der Waals surface area contributed by atoms with Crippen LogP contribution in [0.3, 0.4) is 0 Å². The van der Waals surface area contributed by atoms with Crippen LogP contribution in [0.25, 0.3) is 0 Å². The molecule has 0 bridgehead atoms. The van der Waals surface area contributed by atoms with Gasteiger partial charge in [-0.2, -0.15) is 0 Å². The summed E-state index contributed by atoms with van der Waals surface area (Å²) in [4.78, 5) is 21.2. The number of carbonyl (C=O) groups excluding carboxylic acids is 1. The molecule has 1 saturated heterocycles. The highest BCUT2D eigenvalue weighted by molar-refractivity contribution is 7.10. The van der Waals surface area contributed by atoms with Crippen LogP contribution in [0.2, 0.25) is 0 Å². The highest BCUT2D eigenvalue weighted by Gasteiger charge is 2.23. The average Bonchev–Trinajstić information content (AvgIpc) is 3.15. The van der Waals surface area contributed by atoms with Crippen molar-refractivity contribution in [3.63, 3.8) is 0 Å². The van der Waals surface area contributed by atoms with Gasteiger partial charge in [-0.25, -0.2) is 0 Å². The number of hydrogen-bond donors (Lipinski definition) is 0. The van der Waals surface area contributed by atoms with E-state index in [2.05, 4.69) is 47.2 Å². The summed E-state index contributed by atoms with van der Waals surface area (Å²) in [5, 5.41) is 2.13. The van der Waals surface area contributed by atoms with Crippen LogP contribution in [-0.4, -0.2) is 54.5 Å². The van der Waals surface area contributed by atoms with E-state index in [0.717, 1.165) is 51.3 Å². The minimum absolute atomic E-state index is 0.151. The molecule has 0 atom stereocenters. The van der Waals surface area contributed by atoms with Gasteiger partial charge in [0.15, 0.2) is 0 Å². The molecular weight excluding hydrogens is 342 g/mol. The lowest BCUT2D eigenvalue weighted by Gasteiger charge is -2.38. The van der Waals surface area contributed by atoms with Gasteiger partial charge in [-0.15, -0.1) is 11.3 Å². The predicted molar refractivity (Wildman–Crippen MR) is 108 cm³/mol. The number of rotatable bonds is 3. The Balaban J connectivity index is 1.39. The zero-order valence-corrected chi connectivity index (χ0v) is 16.5. The predicted octanol–water partition coefficient (Wildman–Crippen LogP) is 3.48. The zero-order valence-electron chi connectivity index (χ0n) is 15.6. The van der Waals surface area contributed by atoms with Crippen LogP contribution in [0.5, 0.6) is 0 Å². The van der Waals surface area contributed by atoms with E-state index in [9.17, 15) is 4.79 Å². The van der Waals surface area contributed by atoms with Gasteiger partial charge in [0.1, 0.15) is 0 Å². The van der Waals surface area contributed by atoms with Gasteiger partial charge in [-0.1, -0.05) is 0 Å². The summed E-state index contributed by atoms with van der Waals surface area (Å²) in [5.41, 5.74) is 3.34. The first kappa shape index (κ1) is 17.6. The van der Waals surface area contributed by atoms with Crippen LogP contribution in [-0.2, 0) is 13.0 Å². The Morgan fingerprint density at radius 1 is 1.00 bits per heavy atom. The van der Waals surface area contributed by atoms with Crippen LogP contribution in [0.1, 0.15) is 34.6 Å². The molecule has 0 unspecified atom stereocenters. The number of thiophene rings is 1. The standard InChI is InChI=1S/C21H27N3OS/c1-16(2)22-10-12-23(13-11-22)19-5-3-17(4-6-19)21(25)24-9-7-20-18(15-24)8-14-26-20/h3-6,8,14,16H,7,9-13,15H2,1-2H3. The Morgan fingerprint density at radius 3 is 2.42 bits per heavy atom. The van der Waals surface area contributed by atoms with Gasteiger partial charge in [-0.3, -0.25) is 9.69 Å². The maximum absolute atomic E-state index is 12.8. The number of anilines is 1. The SMILES string of the molecule is CC(C)N1CCN(c2ccc(C(=O)N3CCc4sccc4C3)cc2)CC1. The maximum Gasteiger partial charge on any atom is 0.254 e. The largest absolute Gasteiger partial charge is 0.369 e. The van der Waals surface area contributed by atoms with E-state index in [-0.39, 0.29) is 5.91 Å². The summed E-state index contributed by atoms with van der Waals surface area (Å²) in [6.07, 6.45) is 0.983. The van der Waals surface area contributed by atoms with Crippen molar-refractivity contribution in [1.29, 1.82) is 0 Å². The fourth-order valence-electron chi connectivity index (χ4n) is 3.92. The molecule has 4 rings (SSSR count). The van der Waals surface area contributed by atoms with E-state index in [4.69, 9.17) is 0 Å². The Morgan fingerprint density at radius 2 is 1.73 bits per heavy atom. The lowest BCUT2D eigenvalue weighted by Crippen LogP contribution is -2.48. The molecule has 2 aliphatic rings. The molecule has 26 heavy (non-hydrogen) atoms. The number of carbonyl (C=O) groups is 1. The number of nitrogens with zero attached hydrogens (tertiary/aromatic N) is 3. The molecule has 1 aromatic carbocycles. The van der Waals surface area contributed by atoms with Crippen LogP contribution >= 0.6 is 11.3 Å². The normalized spacial score (nSPS) is 18.3. The first-order valence-corrected chi connectivity index (χ1v) is 10.4. The summed E-state index contributed by atoms with van der Waals surface area (Å²) in [6.45, 7) is 10.4. The van der Waals surface area contributed by atoms with Gasteiger partial charge < -0.3 is 9.80 Å². The topological polar surface area (TPSA) is 26.8 Å². The lowest BCUT2D eigenvalue weighted by atomic mass is 10.1. The molecule has 138 valence electrons. The van der Waals surface area contributed by atoms with Gasteiger partial charge in [0, 0.05) is 61.4 Å². The lowest BCUT2D eigenvalue weighted by molar-refractivity contribution is 0.0736. The van der Waals surface area contributed by atoms with Crippen molar-refractivity contribution in [1.82, 2.24) is 9.80 Å². The fraction of sp³-hybridized carbons (Fsp3) is 0.476. The number of fused-ring (bicyclic) bond motifs is 1. The number of hydrogen-bond acceptors (Lipinski definition) is 4. The third kappa shape index (κ3) is 3.51. The summed E-state index contributed by atoms with van der Waals surface area (Å²) >= 11 is 1.81. The first-order chi connectivity index (χ1) is 12.6. The van der Waals surface area contributed by atoms with Gasteiger partial charge in [0.05, 0.1) is 0 Å². The monoisotopic (exact) mass is 369 g/mol. The fourth-order valence-corrected chi connectivity index (χ4v) is 4.81. The van der Waals surface area contributed by atoms with E-state index in [1.54, 1.807) is 0 Å². The summed E-state index contributed by atoms with van der Waals surface area (Å²) in [5.74, 6) is 0.151. The van der Waals surface area contributed by atoms with Crippen LogP contribution < -0.4 is 4.90 Å². The quantitative estimate of drug-likeness (QED) is 0.829. The second-order valence-corrected chi connectivity index (χ2v) is 8.51. The third-order valence-electron chi connectivity index (χ3n) is 5.62. The van der Waals surface area contributed by atoms with Crippen molar-refractivity contribution in [2.75, 3.05) is 37.6 Å². The Hall–Kier alpha value is -1.85. The average molecular weight is 370 g/mol. The summed E-state index contributed by atoms with van der Waals surface area (Å²) in [6, 6.07) is 11.0. The van der Waals surface area contributed by atoms with Crippen molar-refractivity contribution in [2.24, 2.45) is 0 Å². The number of benzene rings is 1. The second kappa shape index (κ2) is 7.41. The molecule has 0 N–H and O–H groups in total. The minimum atomic E-state index is 0.151. The molecule has 2 aromatic rings. The third-order valence-corrected chi connectivity index (χ3v) is 6.64. The Kier molecular flexibility index (Phi) is 5.00. The van der Waals surface area contributed by atoms with E-state index in [0.29, 0.717) is 6.04 Å². The van der Waals surface area contributed by atoms with Gasteiger partial charge in [0.25, 0.3) is 5.91 Å². The number of amides is 1. The summed E-state index contributed by atoms with van der Waals surface area (Å²) in [7, 11) is 0. The van der Waals surface area contributed by atoms with E-state index < -0.39 is 0 Å². The first-order valence-electron chi connectivity index (χ1n) is 9.55. The second-order valence-electron chi connectivity index (χ2n) is 7.51. The van der Waals surface area contributed by atoms with Gasteiger partial charge >= 0.3 is 0 Å². The summed E-state index contributed by atoms with van der Waals surface area (Å²) < 4.78 is 0. The molecule has 4 nitrogen and oxygen atoms in total.